The van der Waals surface area contributed by atoms with Crippen molar-refractivity contribution in [1.29, 1.82) is 0 Å². The van der Waals surface area contributed by atoms with Crippen LogP contribution in [-0.2, 0) is 21.7 Å². The molecule has 6 heteroatoms. The van der Waals surface area contributed by atoms with Crippen molar-refractivity contribution in [3.8, 4) is 0 Å². The van der Waals surface area contributed by atoms with E-state index in [0.29, 0.717) is 6.54 Å². The Morgan fingerprint density at radius 1 is 1.55 bits per heavy atom. The summed E-state index contributed by atoms with van der Waals surface area (Å²) >= 11 is 0. The number of carbonyl (C=O) groups excluding carboxylic acids is 1. The van der Waals surface area contributed by atoms with Gasteiger partial charge in [-0.25, -0.2) is 4.98 Å². The van der Waals surface area contributed by atoms with Crippen LogP contribution in [-0.4, -0.2) is 40.7 Å². The highest BCUT2D eigenvalue weighted by atomic mass is 16.5. The minimum absolute atomic E-state index is 0.0303. The van der Waals surface area contributed by atoms with E-state index in [2.05, 4.69) is 20.2 Å². The van der Waals surface area contributed by atoms with Crippen LogP contribution in [0.2, 0.25) is 0 Å². The van der Waals surface area contributed by atoms with Crippen molar-refractivity contribution in [2.24, 2.45) is 0 Å². The standard InChI is InChI=1S/C14H22N4O2/c1-10(2)17-12(19)11-9-18-8-7-16-13(18)14(20-11)3-5-15-6-4-14/h7-8,10-11,15H,3-6,9H2,1-2H3,(H,17,19). The topological polar surface area (TPSA) is 68.2 Å². The second-order valence-corrected chi connectivity index (χ2v) is 5.92. The molecule has 20 heavy (non-hydrogen) atoms. The van der Waals surface area contributed by atoms with Gasteiger partial charge in [-0.2, -0.15) is 0 Å². The van der Waals surface area contributed by atoms with Gasteiger partial charge in [0.05, 0.1) is 6.54 Å². The van der Waals surface area contributed by atoms with E-state index in [9.17, 15) is 4.79 Å². The van der Waals surface area contributed by atoms with Gasteiger partial charge in [0.15, 0.2) is 6.10 Å². The number of fused-ring (bicyclic) bond motifs is 2. The number of piperidine rings is 1. The Bertz CT molecular complexity index is 491. The molecule has 0 aromatic carbocycles. The van der Waals surface area contributed by atoms with Crippen LogP contribution in [0.5, 0.6) is 0 Å². The number of hydrogen-bond donors (Lipinski definition) is 2. The van der Waals surface area contributed by atoms with Crippen LogP contribution in [0.15, 0.2) is 12.4 Å². The second kappa shape index (κ2) is 5.18. The number of carbonyl (C=O) groups is 1. The molecular formula is C14H22N4O2. The summed E-state index contributed by atoms with van der Waals surface area (Å²) < 4.78 is 8.30. The summed E-state index contributed by atoms with van der Waals surface area (Å²) in [6.07, 6.45) is 5.02. The zero-order chi connectivity index (χ0) is 14.2. The Kier molecular flexibility index (Phi) is 3.52. The normalized spacial score (nSPS) is 24.6. The fourth-order valence-electron chi connectivity index (χ4n) is 3.08. The van der Waals surface area contributed by atoms with E-state index in [0.717, 1.165) is 31.8 Å². The monoisotopic (exact) mass is 278 g/mol. The van der Waals surface area contributed by atoms with Crippen molar-refractivity contribution >= 4 is 5.91 Å². The van der Waals surface area contributed by atoms with Gasteiger partial charge in [0.25, 0.3) is 5.91 Å². The molecule has 1 amide bonds. The van der Waals surface area contributed by atoms with E-state index >= 15 is 0 Å². The zero-order valence-electron chi connectivity index (χ0n) is 12.1. The molecule has 1 fully saturated rings. The minimum atomic E-state index is -0.433. The first-order valence-electron chi connectivity index (χ1n) is 7.31. The molecule has 2 N–H and O–H groups in total. The molecule has 0 saturated carbocycles. The number of ether oxygens (including phenoxy) is 1. The Hall–Kier alpha value is -1.40. The lowest BCUT2D eigenvalue weighted by Gasteiger charge is -2.43. The van der Waals surface area contributed by atoms with Gasteiger partial charge in [-0.1, -0.05) is 0 Å². The molecule has 1 spiro atoms. The predicted octanol–water partition coefficient (Wildman–Crippen LogP) is 0.385. The maximum atomic E-state index is 12.3. The first-order valence-corrected chi connectivity index (χ1v) is 7.31. The Balaban J connectivity index is 1.86. The number of nitrogens with one attached hydrogen (secondary N) is 2. The molecule has 1 aromatic rings. The molecular weight excluding hydrogens is 256 g/mol. The molecule has 3 rings (SSSR count). The average molecular weight is 278 g/mol. The van der Waals surface area contributed by atoms with E-state index < -0.39 is 11.7 Å². The lowest BCUT2D eigenvalue weighted by molar-refractivity contribution is -0.168. The van der Waals surface area contributed by atoms with Crippen molar-refractivity contribution in [3.05, 3.63) is 18.2 Å². The van der Waals surface area contributed by atoms with Gasteiger partial charge in [0.1, 0.15) is 11.4 Å². The van der Waals surface area contributed by atoms with Crippen molar-refractivity contribution in [1.82, 2.24) is 20.2 Å². The van der Waals surface area contributed by atoms with E-state index in [1.807, 2.05) is 20.0 Å². The summed E-state index contributed by atoms with van der Waals surface area (Å²) in [4.78, 5) is 16.7. The lowest BCUT2D eigenvalue weighted by Crippen LogP contribution is -2.54. The van der Waals surface area contributed by atoms with Gasteiger partial charge in [-0.3, -0.25) is 4.79 Å². The number of hydrogen-bond acceptors (Lipinski definition) is 4. The summed E-state index contributed by atoms with van der Waals surface area (Å²) in [5, 5.41) is 6.28. The average Bonchev–Trinajstić information content (AvgIpc) is 2.88. The molecule has 0 aliphatic carbocycles. The second-order valence-electron chi connectivity index (χ2n) is 5.92. The summed E-state index contributed by atoms with van der Waals surface area (Å²) in [5.74, 6) is 0.935. The van der Waals surface area contributed by atoms with Crippen molar-refractivity contribution < 1.29 is 9.53 Å². The van der Waals surface area contributed by atoms with E-state index in [-0.39, 0.29) is 11.9 Å². The molecule has 110 valence electrons. The first-order chi connectivity index (χ1) is 9.61. The molecule has 1 unspecified atom stereocenters. The highest BCUT2D eigenvalue weighted by Crippen LogP contribution is 2.38. The summed E-state index contributed by atoms with van der Waals surface area (Å²) in [6.45, 7) is 6.26. The van der Waals surface area contributed by atoms with E-state index in [4.69, 9.17) is 4.74 Å². The Labute approximate surface area is 118 Å². The number of nitrogens with zero attached hydrogens (tertiary/aromatic N) is 2. The first kappa shape index (κ1) is 13.6. The largest absolute Gasteiger partial charge is 0.352 e. The van der Waals surface area contributed by atoms with Gasteiger partial charge in [-0.05, 0) is 39.8 Å². The lowest BCUT2D eigenvalue weighted by atomic mass is 9.89. The van der Waals surface area contributed by atoms with Gasteiger partial charge in [-0.15, -0.1) is 0 Å². The van der Waals surface area contributed by atoms with Crippen molar-refractivity contribution in [3.63, 3.8) is 0 Å². The number of aromatic nitrogens is 2. The minimum Gasteiger partial charge on any atom is -0.352 e. The SMILES string of the molecule is CC(C)NC(=O)C1Cn2ccnc2C2(CCNCC2)O1. The molecule has 0 radical (unpaired) electrons. The van der Waals surface area contributed by atoms with Crippen LogP contribution in [0, 0.1) is 0 Å². The predicted molar refractivity (Wildman–Crippen MR) is 74.2 cm³/mol. The maximum absolute atomic E-state index is 12.3. The fourth-order valence-corrected chi connectivity index (χ4v) is 3.08. The smallest absolute Gasteiger partial charge is 0.251 e. The molecule has 1 aromatic heterocycles. The number of amides is 1. The van der Waals surface area contributed by atoms with E-state index in [1.165, 1.54) is 0 Å². The third-order valence-electron chi connectivity index (χ3n) is 3.99. The highest BCUT2D eigenvalue weighted by Gasteiger charge is 2.45. The van der Waals surface area contributed by atoms with Crippen LogP contribution in [0.4, 0.5) is 0 Å². The maximum Gasteiger partial charge on any atom is 0.251 e. The highest BCUT2D eigenvalue weighted by molar-refractivity contribution is 5.81. The van der Waals surface area contributed by atoms with Crippen molar-refractivity contribution in [2.45, 2.75) is 51.0 Å². The summed E-state index contributed by atoms with van der Waals surface area (Å²) in [5.41, 5.74) is -0.411. The fraction of sp³-hybridized carbons (Fsp3) is 0.714. The van der Waals surface area contributed by atoms with Crippen LogP contribution in [0.1, 0.15) is 32.5 Å². The number of imidazole rings is 1. The molecule has 2 aliphatic rings. The molecule has 3 heterocycles. The van der Waals surface area contributed by atoms with Crippen molar-refractivity contribution in [2.75, 3.05) is 13.1 Å². The van der Waals surface area contributed by atoms with E-state index in [1.54, 1.807) is 6.20 Å². The molecule has 1 atom stereocenters. The number of rotatable bonds is 2. The molecule has 2 aliphatic heterocycles. The third-order valence-corrected chi connectivity index (χ3v) is 3.99. The Morgan fingerprint density at radius 2 is 2.30 bits per heavy atom. The molecule has 1 saturated heterocycles. The van der Waals surface area contributed by atoms with Crippen LogP contribution in [0.25, 0.3) is 0 Å². The van der Waals surface area contributed by atoms with Gasteiger partial charge >= 0.3 is 0 Å². The zero-order valence-corrected chi connectivity index (χ0v) is 12.1. The summed E-state index contributed by atoms with van der Waals surface area (Å²) in [7, 11) is 0. The van der Waals surface area contributed by atoms with Gasteiger partial charge in [0.2, 0.25) is 0 Å². The van der Waals surface area contributed by atoms with Crippen LogP contribution >= 0.6 is 0 Å². The Morgan fingerprint density at radius 3 is 3.00 bits per heavy atom. The molecule has 0 bridgehead atoms. The molecule has 6 nitrogen and oxygen atoms in total. The van der Waals surface area contributed by atoms with Gasteiger partial charge < -0.3 is 19.9 Å². The van der Waals surface area contributed by atoms with Crippen LogP contribution in [0.3, 0.4) is 0 Å². The summed E-state index contributed by atoms with van der Waals surface area (Å²) in [6, 6.07) is 0.124. The third kappa shape index (κ3) is 2.33. The van der Waals surface area contributed by atoms with Gasteiger partial charge in [0, 0.05) is 18.4 Å². The quantitative estimate of drug-likeness (QED) is 0.821. The van der Waals surface area contributed by atoms with Crippen LogP contribution < -0.4 is 10.6 Å².